The van der Waals surface area contributed by atoms with Gasteiger partial charge in [-0.15, -0.1) is 0 Å². The Hall–Kier alpha value is -0.820. The SMILES string of the molecule is CC(C)COCCNS(=O)(=O)c1ccc(Cl)c(N)c1. The Kier molecular flexibility index (Phi) is 6.06. The number of benzene rings is 1. The number of nitrogens with one attached hydrogen (secondary N) is 1. The third-order valence-electron chi connectivity index (χ3n) is 2.27. The molecule has 0 fully saturated rings. The maximum absolute atomic E-state index is 11.9. The van der Waals surface area contributed by atoms with E-state index in [1.165, 1.54) is 18.2 Å². The van der Waals surface area contributed by atoms with Crippen molar-refractivity contribution in [2.24, 2.45) is 5.92 Å². The molecule has 0 spiro atoms. The van der Waals surface area contributed by atoms with Crippen molar-refractivity contribution < 1.29 is 13.2 Å². The van der Waals surface area contributed by atoms with Crippen molar-refractivity contribution in [1.29, 1.82) is 0 Å². The fourth-order valence-corrected chi connectivity index (χ4v) is 2.51. The van der Waals surface area contributed by atoms with Gasteiger partial charge in [0.05, 0.1) is 22.2 Å². The molecule has 108 valence electrons. The number of nitrogens with two attached hydrogens (primary N) is 1. The predicted octanol–water partition coefficient (Wildman–Crippen LogP) is 1.87. The molecule has 0 aliphatic heterocycles. The second-order valence-corrected chi connectivity index (χ2v) is 6.72. The quantitative estimate of drug-likeness (QED) is 0.595. The summed E-state index contributed by atoms with van der Waals surface area (Å²) in [4.78, 5) is 0.0956. The molecule has 7 heteroatoms. The van der Waals surface area contributed by atoms with E-state index >= 15 is 0 Å². The number of halogens is 1. The maximum atomic E-state index is 11.9. The Morgan fingerprint density at radius 2 is 2.11 bits per heavy atom. The van der Waals surface area contributed by atoms with Crippen LogP contribution in [0.3, 0.4) is 0 Å². The molecule has 1 aromatic rings. The first-order valence-electron chi connectivity index (χ1n) is 5.95. The van der Waals surface area contributed by atoms with E-state index in [2.05, 4.69) is 4.72 Å². The van der Waals surface area contributed by atoms with Gasteiger partial charge in [-0.05, 0) is 24.1 Å². The molecule has 0 saturated carbocycles. The van der Waals surface area contributed by atoms with Crippen molar-refractivity contribution in [3.05, 3.63) is 23.2 Å². The van der Waals surface area contributed by atoms with E-state index in [9.17, 15) is 8.42 Å². The Morgan fingerprint density at radius 1 is 1.42 bits per heavy atom. The molecule has 0 amide bonds. The number of nitrogen functional groups attached to an aromatic ring is 1. The van der Waals surface area contributed by atoms with E-state index in [1.54, 1.807) is 0 Å². The standard InChI is InChI=1S/C12H19ClN2O3S/c1-9(2)8-18-6-5-15-19(16,17)10-3-4-11(13)12(14)7-10/h3-4,7,9,15H,5-6,8,14H2,1-2H3. The monoisotopic (exact) mass is 306 g/mol. The second-order valence-electron chi connectivity index (χ2n) is 4.55. The topological polar surface area (TPSA) is 81.4 Å². The Balaban J connectivity index is 2.54. The molecule has 0 aromatic heterocycles. The van der Waals surface area contributed by atoms with E-state index < -0.39 is 10.0 Å². The molecule has 0 aliphatic carbocycles. The largest absolute Gasteiger partial charge is 0.397 e. The molecule has 0 radical (unpaired) electrons. The van der Waals surface area contributed by atoms with Gasteiger partial charge in [-0.3, -0.25) is 0 Å². The molecule has 19 heavy (non-hydrogen) atoms. The summed E-state index contributed by atoms with van der Waals surface area (Å²) in [5, 5.41) is 0.333. The summed E-state index contributed by atoms with van der Waals surface area (Å²) in [6.07, 6.45) is 0. The van der Waals surface area contributed by atoms with Crippen LogP contribution < -0.4 is 10.5 Å². The first-order chi connectivity index (χ1) is 8.83. The highest BCUT2D eigenvalue weighted by molar-refractivity contribution is 7.89. The zero-order chi connectivity index (χ0) is 14.5. The molecular formula is C12H19ClN2O3S. The van der Waals surface area contributed by atoms with E-state index in [1.807, 2.05) is 13.8 Å². The maximum Gasteiger partial charge on any atom is 0.240 e. The van der Waals surface area contributed by atoms with Gasteiger partial charge in [-0.2, -0.15) is 0 Å². The lowest BCUT2D eigenvalue weighted by Crippen LogP contribution is -2.28. The first kappa shape index (κ1) is 16.2. The second kappa shape index (κ2) is 7.09. The van der Waals surface area contributed by atoms with Crippen LogP contribution in [0, 0.1) is 5.92 Å². The Morgan fingerprint density at radius 3 is 2.68 bits per heavy atom. The van der Waals surface area contributed by atoms with E-state index in [-0.39, 0.29) is 17.1 Å². The molecule has 0 atom stereocenters. The van der Waals surface area contributed by atoms with Gasteiger partial charge in [0.15, 0.2) is 0 Å². The Bertz CT molecular complexity index is 518. The van der Waals surface area contributed by atoms with Crippen LogP contribution in [0.25, 0.3) is 0 Å². The number of sulfonamides is 1. The molecule has 5 nitrogen and oxygen atoms in total. The van der Waals surface area contributed by atoms with Crippen LogP contribution in [0.1, 0.15) is 13.8 Å². The Labute approximate surface area is 119 Å². The molecule has 0 unspecified atom stereocenters. The minimum atomic E-state index is -3.57. The summed E-state index contributed by atoms with van der Waals surface area (Å²) in [5.74, 6) is 0.424. The smallest absolute Gasteiger partial charge is 0.240 e. The fraction of sp³-hybridized carbons (Fsp3) is 0.500. The van der Waals surface area contributed by atoms with Crippen LogP contribution >= 0.6 is 11.6 Å². The summed E-state index contributed by atoms with van der Waals surface area (Å²) in [6.45, 7) is 5.22. The van der Waals surface area contributed by atoms with Crippen molar-refractivity contribution in [3.63, 3.8) is 0 Å². The van der Waals surface area contributed by atoms with Gasteiger partial charge in [0.25, 0.3) is 0 Å². The third-order valence-corrected chi connectivity index (χ3v) is 4.07. The van der Waals surface area contributed by atoms with Gasteiger partial charge in [0.2, 0.25) is 10.0 Å². The van der Waals surface area contributed by atoms with Gasteiger partial charge < -0.3 is 10.5 Å². The zero-order valence-corrected chi connectivity index (χ0v) is 12.6. The normalized spacial score (nSPS) is 12.0. The number of anilines is 1. The average Bonchev–Trinajstić information content (AvgIpc) is 2.31. The average molecular weight is 307 g/mol. The van der Waals surface area contributed by atoms with Crippen LogP contribution in [0.4, 0.5) is 5.69 Å². The lowest BCUT2D eigenvalue weighted by molar-refractivity contribution is 0.114. The van der Waals surface area contributed by atoms with Crippen LogP contribution in [-0.2, 0) is 14.8 Å². The number of rotatable bonds is 7. The van der Waals surface area contributed by atoms with Crippen LogP contribution in [-0.4, -0.2) is 28.2 Å². The summed E-state index contributed by atoms with van der Waals surface area (Å²) in [5.41, 5.74) is 5.81. The van der Waals surface area contributed by atoms with Crippen molar-refractivity contribution in [1.82, 2.24) is 4.72 Å². The number of hydrogen-bond acceptors (Lipinski definition) is 4. The fourth-order valence-electron chi connectivity index (χ4n) is 1.34. The zero-order valence-electron chi connectivity index (χ0n) is 11.0. The van der Waals surface area contributed by atoms with Crippen LogP contribution in [0.2, 0.25) is 5.02 Å². The third kappa shape index (κ3) is 5.36. The molecular weight excluding hydrogens is 288 g/mol. The van der Waals surface area contributed by atoms with Gasteiger partial charge in [-0.25, -0.2) is 13.1 Å². The molecule has 3 N–H and O–H groups in total. The molecule has 0 bridgehead atoms. The van der Waals surface area contributed by atoms with Gasteiger partial charge >= 0.3 is 0 Å². The van der Waals surface area contributed by atoms with Crippen molar-refractivity contribution in [2.45, 2.75) is 18.7 Å². The molecule has 0 heterocycles. The van der Waals surface area contributed by atoms with Gasteiger partial charge in [0, 0.05) is 13.2 Å². The van der Waals surface area contributed by atoms with E-state index in [0.29, 0.717) is 24.2 Å². The van der Waals surface area contributed by atoms with Crippen molar-refractivity contribution in [2.75, 3.05) is 25.5 Å². The minimum absolute atomic E-state index is 0.0956. The number of hydrogen-bond donors (Lipinski definition) is 2. The van der Waals surface area contributed by atoms with Crippen molar-refractivity contribution in [3.8, 4) is 0 Å². The summed E-state index contributed by atoms with van der Waals surface area (Å²) in [6, 6.07) is 4.20. The lowest BCUT2D eigenvalue weighted by Gasteiger charge is -2.09. The molecule has 1 aromatic carbocycles. The van der Waals surface area contributed by atoms with Crippen LogP contribution in [0.5, 0.6) is 0 Å². The summed E-state index contributed by atoms with van der Waals surface area (Å²) in [7, 11) is -3.57. The van der Waals surface area contributed by atoms with Gasteiger partial charge in [0.1, 0.15) is 0 Å². The molecule has 0 saturated heterocycles. The van der Waals surface area contributed by atoms with Gasteiger partial charge in [-0.1, -0.05) is 25.4 Å². The van der Waals surface area contributed by atoms with Crippen molar-refractivity contribution >= 4 is 27.3 Å². The van der Waals surface area contributed by atoms with E-state index in [4.69, 9.17) is 22.1 Å². The van der Waals surface area contributed by atoms with Crippen LogP contribution in [0.15, 0.2) is 23.1 Å². The summed E-state index contributed by atoms with van der Waals surface area (Å²) >= 11 is 5.75. The molecule has 0 aliphatic rings. The predicted molar refractivity (Wildman–Crippen MR) is 76.7 cm³/mol. The number of ether oxygens (including phenoxy) is 1. The highest BCUT2D eigenvalue weighted by Crippen LogP contribution is 2.21. The minimum Gasteiger partial charge on any atom is -0.397 e. The first-order valence-corrected chi connectivity index (χ1v) is 7.81. The van der Waals surface area contributed by atoms with E-state index in [0.717, 1.165) is 0 Å². The lowest BCUT2D eigenvalue weighted by atomic mass is 10.2. The highest BCUT2D eigenvalue weighted by Gasteiger charge is 2.14. The highest BCUT2D eigenvalue weighted by atomic mass is 35.5. The molecule has 1 rings (SSSR count). The summed E-state index contributed by atoms with van der Waals surface area (Å²) < 4.78 is 31.6.